The number of nitrogens with two attached hydrogens (primary N) is 1. The maximum absolute atomic E-state index is 13.8. The van der Waals surface area contributed by atoms with Gasteiger partial charge in [-0.3, -0.25) is 19.3 Å². The number of hydrogen-bond acceptors (Lipinski definition) is 11. The SMILES string of the molecule is CCNC(C)(CC=O)CNc1ccc2c(c1O)C(=O)C1=C(O)C3(O)C(=O)C(C(N)=O)=C(O)[C@@H](N(C)C)C3CC1C2. The van der Waals surface area contributed by atoms with Crippen LogP contribution < -0.4 is 16.4 Å². The molecular formula is C28H36N4O8. The Balaban J connectivity index is 1.78. The number of benzene rings is 1. The number of phenolic OH excluding ortho intramolecular Hbond substituents is 1. The van der Waals surface area contributed by atoms with Crippen molar-refractivity contribution in [3.63, 3.8) is 0 Å². The average molecular weight is 557 g/mol. The van der Waals surface area contributed by atoms with Crippen LogP contribution in [0.4, 0.5) is 5.69 Å². The quantitative estimate of drug-likeness (QED) is 0.127. The van der Waals surface area contributed by atoms with Gasteiger partial charge in [-0.1, -0.05) is 13.0 Å². The van der Waals surface area contributed by atoms with Crippen LogP contribution in [0.1, 0.15) is 42.6 Å². The molecule has 12 nitrogen and oxygen atoms in total. The molecule has 4 rings (SSSR count). The van der Waals surface area contributed by atoms with Gasteiger partial charge in [0.05, 0.1) is 17.3 Å². The fourth-order valence-corrected chi connectivity index (χ4v) is 6.48. The molecule has 1 aromatic rings. The van der Waals surface area contributed by atoms with E-state index in [1.807, 2.05) is 13.8 Å². The van der Waals surface area contributed by atoms with Crippen molar-refractivity contribution in [2.75, 3.05) is 32.5 Å². The standard InChI is InChI=1S/C28H36N4O8/c1-5-31-27(2,8-9-33)12-30-16-7-6-13-10-14-11-15-20(32(3)4)23(36)19(26(29)39)25(38)28(15,40)24(37)18(14)22(35)17(13)21(16)34/h6-7,9,14-15,20,30-31,34,36-37,40H,5,8,10-12H2,1-4H3,(H2,29,39)/t14?,15?,20-,27?,28?/m0/s1. The van der Waals surface area contributed by atoms with E-state index in [0.717, 1.165) is 6.29 Å². The van der Waals surface area contributed by atoms with Crippen LogP contribution in [0.5, 0.6) is 5.75 Å². The highest BCUT2D eigenvalue weighted by Crippen LogP contribution is 2.52. The summed E-state index contributed by atoms with van der Waals surface area (Å²) in [6, 6.07) is 2.28. The topological polar surface area (TPSA) is 203 Å². The maximum atomic E-state index is 13.8. The molecule has 0 heterocycles. The number of phenols is 1. The second-order valence-corrected chi connectivity index (χ2v) is 11.3. The number of nitrogens with one attached hydrogen (secondary N) is 2. The van der Waals surface area contributed by atoms with E-state index in [9.17, 15) is 39.6 Å². The molecular weight excluding hydrogens is 520 g/mol. The highest BCUT2D eigenvalue weighted by Gasteiger charge is 2.63. The van der Waals surface area contributed by atoms with Gasteiger partial charge in [-0.2, -0.15) is 0 Å². The molecule has 0 aromatic heterocycles. The molecule has 5 atom stereocenters. The van der Waals surface area contributed by atoms with Gasteiger partial charge in [-0.05, 0) is 58.0 Å². The second kappa shape index (κ2) is 10.3. The van der Waals surface area contributed by atoms with Crippen molar-refractivity contribution in [3.8, 4) is 5.75 Å². The van der Waals surface area contributed by atoms with Crippen LogP contribution in [-0.4, -0.2) is 93.5 Å². The Kier molecular flexibility index (Phi) is 7.56. The van der Waals surface area contributed by atoms with Crippen molar-refractivity contribution in [1.29, 1.82) is 0 Å². The van der Waals surface area contributed by atoms with Crippen molar-refractivity contribution in [2.45, 2.75) is 50.3 Å². The van der Waals surface area contributed by atoms with E-state index in [-0.39, 0.29) is 48.4 Å². The third kappa shape index (κ3) is 4.36. The van der Waals surface area contributed by atoms with Gasteiger partial charge in [-0.15, -0.1) is 0 Å². The molecule has 0 spiro atoms. The molecule has 0 radical (unpaired) electrons. The number of aldehydes is 1. The van der Waals surface area contributed by atoms with Crippen LogP contribution >= 0.6 is 0 Å². The van der Waals surface area contributed by atoms with Crippen LogP contribution in [0.2, 0.25) is 0 Å². The zero-order valence-corrected chi connectivity index (χ0v) is 22.9. The number of Topliss-reactive ketones (excluding diaryl/α,β-unsaturated/α-hetero) is 2. The Hall–Kier alpha value is -3.74. The van der Waals surface area contributed by atoms with E-state index >= 15 is 0 Å². The molecule has 0 fully saturated rings. The number of rotatable bonds is 9. The highest BCUT2D eigenvalue weighted by molar-refractivity contribution is 6.24. The Bertz CT molecular complexity index is 1350. The van der Waals surface area contributed by atoms with Gasteiger partial charge < -0.3 is 41.6 Å². The Labute approximate surface area is 231 Å². The molecule has 0 saturated heterocycles. The Morgan fingerprint density at radius 2 is 1.93 bits per heavy atom. The van der Waals surface area contributed by atoms with Crippen LogP contribution in [-0.2, 0) is 20.8 Å². The predicted octanol–water partition coefficient (Wildman–Crippen LogP) is 0.490. The van der Waals surface area contributed by atoms with Crippen LogP contribution in [0, 0.1) is 11.8 Å². The number of likely N-dealkylation sites (N-methyl/N-ethyl adjacent to an activating group) is 2. The first kappa shape index (κ1) is 29.2. The van der Waals surface area contributed by atoms with E-state index in [4.69, 9.17) is 5.73 Å². The molecule has 4 unspecified atom stereocenters. The third-order valence-electron chi connectivity index (χ3n) is 8.40. The third-order valence-corrected chi connectivity index (χ3v) is 8.40. The number of anilines is 1. The van der Waals surface area contributed by atoms with Crippen molar-refractivity contribution >= 4 is 29.4 Å². The summed E-state index contributed by atoms with van der Waals surface area (Å²) in [5.41, 5.74) is 1.67. The summed E-state index contributed by atoms with van der Waals surface area (Å²) in [7, 11) is 3.16. The number of nitrogens with zero attached hydrogens (tertiary/aromatic N) is 1. The van der Waals surface area contributed by atoms with Gasteiger partial charge in [0.2, 0.25) is 5.78 Å². The molecule has 0 saturated carbocycles. The minimum atomic E-state index is -2.68. The Morgan fingerprint density at radius 1 is 1.25 bits per heavy atom. The lowest BCUT2D eigenvalue weighted by Gasteiger charge is -2.50. The zero-order valence-electron chi connectivity index (χ0n) is 22.9. The van der Waals surface area contributed by atoms with Gasteiger partial charge in [0.1, 0.15) is 29.1 Å². The summed E-state index contributed by atoms with van der Waals surface area (Å²) < 4.78 is 0. The molecule has 3 aliphatic rings. The number of amides is 1. The van der Waals surface area contributed by atoms with Gasteiger partial charge >= 0.3 is 0 Å². The molecule has 1 amide bonds. The monoisotopic (exact) mass is 556 g/mol. The largest absolute Gasteiger partial charge is 0.510 e. The maximum Gasteiger partial charge on any atom is 0.255 e. The smallest absolute Gasteiger partial charge is 0.255 e. The van der Waals surface area contributed by atoms with E-state index in [1.54, 1.807) is 26.2 Å². The number of aliphatic hydroxyl groups excluding tert-OH is 2. The molecule has 3 aliphatic carbocycles. The first-order chi connectivity index (χ1) is 18.7. The van der Waals surface area contributed by atoms with Crippen molar-refractivity contribution in [1.82, 2.24) is 10.2 Å². The number of ketones is 2. The highest BCUT2D eigenvalue weighted by atomic mass is 16.3. The minimum absolute atomic E-state index is 0.0270. The second-order valence-electron chi connectivity index (χ2n) is 11.3. The molecule has 0 bridgehead atoms. The van der Waals surface area contributed by atoms with E-state index < -0.39 is 63.6 Å². The lowest BCUT2D eigenvalue weighted by molar-refractivity contribution is -0.148. The van der Waals surface area contributed by atoms with Gasteiger partial charge in [0.25, 0.3) is 5.91 Å². The number of carbonyl (C=O) groups is 4. The van der Waals surface area contributed by atoms with Gasteiger partial charge in [0.15, 0.2) is 11.4 Å². The van der Waals surface area contributed by atoms with Crippen molar-refractivity contribution in [3.05, 3.63) is 45.9 Å². The normalized spacial score (nSPS) is 27.6. The molecule has 0 aliphatic heterocycles. The van der Waals surface area contributed by atoms with Crippen LogP contribution in [0.15, 0.2) is 34.8 Å². The number of aliphatic hydroxyl groups is 3. The minimum Gasteiger partial charge on any atom is -0.510 e. The summed E-state index contributed by atoms with van der Waals surface area (Å²) in [6.07, 6.45) is 1.24. The molecule has 1 aromatic carbocycles. The zero-order chi connectivity index (χ0) is 29.7. The first-order valence-corrected chi connectivity index (χ1v) is 13.2. The lowest BCUT2D eigenvalue weighted by atomic mass is 9.58. The number of aromatic hydroxyl groups is 1. The van der Waals surface area contributed by atoms with E-state index in [2.05, 4.69) is 10.6 Å². The number of allylic oxidation sites excluding steroid dienone is 1. The molecule has 12 heteroatoms. The van der Waals surface area contributed by atoms with Crippen LogP contribution in [0.3, 0.4) is 0 Å². The van der Waals surface area contributed by atoms with Crippen LogP contribution in [0.25, 0.3) is 0 Å². The first-order valence-electron chi connectivity index (χ1n) is 13.2. The fourth-order valence-electron chi connectivity index (χ4n) is 6.48. The Morgan fingerprint density at radius 3 is 2.50 bits per heavy atom. The average Bonchev–Trinajstić information content (AvgIpc) is 2.85. The summed E-state index contributed by atoms with van der Waals surface area (Å²) in [5.74, 6) is -6.89. The fraction of sp³-hybridized carbons (Fsp3) is 0.500. The summed E-state index contributed by atoms with van der Waals surface area (Å²) in [5, 5.41) is 51.3. The molecule has 8 N–H and O–H groups in total. The van der Waals surface area contributed by atoms with Gasteiger partial charge in [0, 0.05) is 30.0 Å². The summed E-state index contributed by atoms with van der Waals surface area (Å²) in [4.78, 5) is 52.0. The molecule has 40 heavy (non-hydrogen) atoms. The lowest BCUT2D eigenvalue weighted by Crippen LogP contribution is -2.63. The summed E-state index contributed by atoms with van der Waals surface area (Å²) in [6.45, 7) is 4.61. The predicted molar refractivity (Wildman–Crippen MR) is 145 cm³/mol. The van der Waals surface area contributed by atoms with Crippen molar-refractivity contribution in [2.24, 2.45) is 17.6 Å². The summed E-state index contributed by atoms with van der Waals surface area (Å²) >= 11 is 0. The van der Waals surface area contributed by atoms with Gasteiger partial charge in [-0.25, -0.2) is 0 Å². The van der Waals surface area contributed by atoms with E-state index in [0.29, 0.717) is 12.1 Å². The number of fused-ring (bicyclic) bond motifs is 3. The number of primary amides is 1. The van der Waals surface area contributed by atoms with E-state index in [1.165, 1.54) is 4.90 Å². The number of carbonyl (C=O) groups excluding carboxylic acids is 4. The number of hydrogen-bond donors (Lipinski definition) is 7. The molecule has 216 valence electrons. The van der Waals surface area contributed by atoms with Crippen molar-refractivity contribution < 1.29 is 39.6 Å².